The lowest BCUT2D eigenvalue weighted by Crippen LogP contribution is -2.38. The molecule has 0 radical (unpaired) electrons. The molecule has 0 unspecified atom stereocenters. The highest BCUT2D eigenvalue weighted by atomic mass is 16.5. The third-order valence-electron chi connectivity index (χ3n) is 3.44. The smallest absolute Gasteiger partial charge is 0.303 e. The molecule has 0 atom stereocenters. The van der Waals surface area contributed by atoms with Gasteiger partial charge in [-0.15, -0.1) is 0 Å². The van der Waals surface area contributed by atoms with Crippen LogP contribution in [0.5, 0.6) is 5.75 Å². The maximum absolute atomic E-state index is 12.5. The number of aliphatic carboxylic acids is 1. The number of amides is 1. The number of carbonyl (C=O) groups is 2. The predicted molar refractivity (Wildman–Crippen MR) is 78.7 cm³/mol. The summed E-state index contributed by atoms with van der Waals surface area (Å²) in [5, 5.41) is 8.67. The van der Waals surface area contributed by atoms with Gasteiger partial charge in [0.05, 0.1) is 6.10 Å². The lowest BCUT2D eigenvalue weighted by Gasteiger charge is -2.29. The van der Waals surface area contributed by atoms with Crippen LogP contribution in [0.4, 0.5) is 0 Å². The Labute approximate surface area is 124 Å². The topological polar surface area (TPSA) is 66.8 Å². The second kappa shape index (κ2) is 6.61. The highest BCUT2D eigenvalue weighted by molar-refractivity contribution is 5.97. The third-order valence-corrected chi connectivity index (χ3v) is 3.44. The van der Waals surface area contributed by atoms with E-state index in [1.807, 2.05) is 26.0 Å². The molecule has 5 nitrogen and oxygen atoms in total. The zero-order valence-corrected chi connectivity index (χ0v) is 12.5. The number of hydrogen-bond donors (Lipinski definition) is 1. The zero-order chi connectivity index (χ0) is 15.4. The molecule has 1 N–H and O–H groups in total. The van der Waals surface area contributed by atoms with Gasteiger partial charge in [-0.3, -0.25) is 9.59 Å². The molecule has 114 valence electrons. The lowest BCUT2D eigenvalue weighted by molar-refractivity contribution is -0.137. The average Bonchev–Trinajstić information content (AvgIpc) is 2.41. The van der Waals surface area contributed by atoms with E-state index in [1.54, 1.807) is 11.0 Å². The van der Waals surface area contributed by atoms with Crippen molar-refractivity contribution >= 4 is 11.9 Å². The summed E-state index contributed by atoms with van der Waals surface area (Å²) in [5.74, 6) is -0.159. The van der Waals surface area contributed by atoms with Crippen molar-refractivity contribution in [2.75, 3.05) is 13.1 Å². The Kier molecular flexibility index (Phi) is 4.83. The van der Waals surface area contributed by atoms with Crippen LogP contribution in [0.25, 0.3) is 0 Å². The number of fused-ring (bicyclic) bond motifs is 1. The number of carbonyl (C=O) groups excluding carboxylic acids is 1. The number of hydrogen-bond acceptors (Lipinski definition) is 3. The Balaban J connectivity index is 2.08. The molecule has 1 amide bonds. The molecule has 1 aromatic carbocycles. The molecule has 0 saturated carbocycles. The summed E-state index contributed by atoms with van der Waals surface area (Å²) < 4.78 is 5.63. The first-order valence-corrected chi connectivity index (χ1v) is 7.28. The molecule has 0 bridgehead atoms. The van der Waals surface area contributed by atoms with Crippen molar-refractivity contribution in [3.8, 4) is 5.75 Å². The maximum atomic E-state index is 12.5. The maximum Gasteiger partial charge on any atom is 0.303 e. The summed E-state index contributed by atoms with van der Waals surface area (Å²) in [6, 6.07) is 5.63. The van der Waals surface area contributed by atoms with Crippen molar-refractivity contribution in [2.24, 2.45) is 0 Å². The summed E-state index contributed by atoms with van der Waals surface area (Å²) in [5.41, 5.74) is 1.71. The Morgan fingerprint density at radius 3 is 2.86 bits per heavy atom. The van der Waals surface area contributed by atoms with E-state index in [2.05, 4.69) is 0 Å². The molecular formula is C16H21NO4. The molecule has 1 aliphatic heterocycles. The van der Waals surface area contributed by atoms with Crippen LogP contribution >= 0.6 is 0 Å². The van der Waals surface area contributed by atoms with Gasteiger partial charge in [0.15, 0.2) is 0 Å². The molecule has 0 aromatic heterocycles. The Hall–Kier alpha value is -2.04. The minimum Gasteiger partial charge on any atom is -0.491 e. The molecule has 5 heteroatoms. The van der Waals surface area contributed by atoms with Gasteiger partial charge in [0.1, 0.15) is 5.75 Å². The zero-order valence-electron chi connectivity index (χ0n) is 12.5. The van der Waals surface area contributed by atoms with Gasteiger partial charge in [0, 0.05) is 25.1 Å². The first-order valence-electron chi connectivity index (χ1n) is 7.28. The van der Waals surface area contributed by atoms with E-state index < -0.39 is 5.97 Å². The number of nitrogens with zero attached hydrogens (tertiary/aromatic N) is 1. The highest BCUT2D eigenvalue weighted by Gasteiger charge is 2.24. The lowest BCUT2D eigenvalue weighted by atomic mass is 9.98. The standard InChI is InChI=1S/C16H21NO4/c1-11(2)21-13-6-5-12-7-9-17(8-3-4-15(18)19)16(20)14(12)10-13/h5-6,10-11H,3-4,7-9H2,1-2H3,(H,18,19). The van der Waals surface area contributed by atoms with Gasteiger partial charge in [-0.1, -0.05) is 6.07 Å². The third kappa shape index (κ3) is 3.97. The van der Waals surface area contributed by atoms with E-state index in [-0.39, 0.29) is 18.4 Å². The van der Waals surface area contributed by atoms with Crippen LogP contribution in [0.1, 0.15) is 42.6 Å². The van der Waals surface area contributed by atoms with E-state index in [9.17, 15) is 9.59 Å². The highest BCUT2D eigenvalue weighted by Crippen LogP contribution is 2.24. The van der Waals surface area contributed by atoms with Gasteiger partial charge < -0.3 is 14.7 Å². The van der Waals surface area contributed by atoms with Crippen molar-refractivity contribution in [3.05, 3.63) is 29.3 Å². The molecule has 21 heavy (non-hydrogen) atoms. The van der Waals surface area contributed by atoms with Crippen LogP contribution in [0.15, 0.2) is 18.2 Å². The number of benzene rings is 1. The van der Waals surface area contributed by atoms with Crippen molar-refractivity contribution < 1.29 is 19.4 Å². The molecule has 1 aromatic rings. The fraction of sp³-hybridized carbons (Fsp3) is 0.500. The van der Waals surface area contributed by atoms with Gasteiger partial charge >= 0.3 is 5.97 Å². The average molecular weight is 291 g/mol. The molecule has 0 saturated heterocycles. The van der Waals surface area contributed by atoms with E-state index in [0.717, 1.165) is 12.0 Å². The number of carboxylic acids is 1. The minimum absolute atomic E-state index is 0.0316. The Bertz CT molecular complexity index is 539. The van der Waals surface area contributed by atoms with Gasteiger partial charge in [0.2, 0.25) is 0 Å². The van der Waals surface area contributed by atoms with Crippen LogP contribution in [-0.4, -0.2) is 41.1 Å². The predicted octanol–water partition coefficient (Wildman–Crippen LogP) is 2.34. The van der Waals surface area contributed by atoms with E-state index in [0.29, 0.717) is 30.8 Å². The van der Waals surface area contributed by atoms with Gasteiger partial charge in [-0.2, -0.15) is 0 Å². The number of ether oxygens (including phenoxy) is 1. The second-order valence-corrected chi connectivity index (χ2v) is 5.53. The van der Waals surface area contributed by atoms with Crippen molar-refractivity contribution in [2.45, 2.75) is 39.2 Å². The van der Waals surface area contributed by atoms with E-state index in [4.69, 9.17) is 9.84 Å². The second-order valence-electron chi connectivity index (χ2n) is 5.53. The molecule has 1 aliphatic rings. The Morgan fingerprint density at radius 2 is 2.19 bits per heavy atom. The van der Waals surface area contributed by atoms with Crippen molar-refractivity contribution in [1.82, 2.24) is 4.90 Å². The van der Waals surface area contributed by atoms with Gasteiger partial charge in [0.25, 0.3) is 5.91 Å². The first-order chi connectivity index (χ1) is 9.97. The van der Waals surface area contributed by atoms with Gasteiger partial charge in [-0.05, 0) is 44.4 Å². The number of rotatable bonds is 6. The minimum atomic E-state index is -0.826. The fourth-order valence-corrected chi connectivity index (χ4v) is 2.48. The normalized spacial score (nSPS) is 14.2. The first kappa shape index (κ1) is 15.4. The quantitative estimate of drug-likeness (QED) is 0.873. The molecule has 0 fully saturated rings. The number of carboxylic acid groups (broad SMARTS) is 1. The van der Waals surface area contributed by atoms with Crippen molar-refractivity contribution in [1.29, 1.82) is 0 Å². The molecule has 0 aliphatic carbocycles. The SMILES string of the molecule is CC(C)Oc1ccc2c(c1)C(=O)N(CCCC(=O)O)CC2. The summed E-state index contributed by atoms with van der Waals surface area (Å²) >= 11 is 0. The van der Waals surface area contributed by atoms with E-state index in [1.165, 1.54) is 0 Å². The summed E-state index contributed by atoms with van der Waals surface area (Å²) in [7, 11) is 0. The van der Waals surface area contributed by atoms with E-state index >= 15 is 0 Å². The van der Waals surface area contributed by atoms with Crippen molar-refractivity contribution in [3.63, 3.8) is 0 Å². The largest absolute Gasteiger partial charge is 0.491 e. The van der Waals surface area contributed by atoms with Crippen LogP contribution < -0.4 is 4.74 Å². The fourth-order valence-electron chi connectivity index (χ4n) is 2.48. The van der Waals surface area contributed by atoms with Gasteiger partial charge in [-0.25, -0.2) is 0 Å². The van der Waals surface area contributed by atoms with Crippen LogP contribution in [0, 0.1) is 0 Å². The Morgan fingerprint density at radius 1 is 1.43 bits per heavy atom. The summed E-state index contributed by atoms with van der Waals surface area (Å²) in [6.45, 7) is 5.02. The van der Waals surface area contributed by atoms with Crippen LogP contribution in [-0.2, 0) is 11.2 Å². The molecule has 0 spiro atoms. The molecule has 2 rings (SSSR count). The summed E-state index contributed by atoms with van der Waals surface area (Å²) in [4.78, 5) is 24.7. The van der Waals surface area contributed by atoms with Crippen LogP contribution in [0.2, 0.25) is 0 Å². The summed E-state index contributed by atoms with van der Waals surface area (Å²) in [6.07, 6.45) is 1.44. The molecular weight excluding hydrogens is 270 g/mol. The monoisotopic (exact) mass is 291 g/mol. The molecule has 1 heterocycles. The van der Waals surface area contributed by atoms with Crippen LogP contribution in [0.3, 0.4) is 0 Å².